The number of hydrogen-bond acceptors (Lipinski definition) is 3. The Kier molecular flexibility index (Phi) is 4.66. The molecule has 1 saturated heterocycles. The van der Waals surface area contributed by atoms with Crippen molar-refractivity contribution in [3.63, 3.8) is 0 Å². The molecule has 136 valence electrons. The Balaban J connectivity index is 1.86. The fourth-order valence-corrected chi connectivity index (χ4v) is 2.96. The van der Waals surface area contributed by atoms with E-state index in [1.807, 2.05) is 19.1 Å². The van der Waals surface area contributed by atoms with Crippen molar-refractivity contribution in [1.29, 1.82) is 0 Å². The lowest BCUT2D eigenvalue weighted by atomic mass is 10.1. The second kappa shape index (κ2) is 6.64. The molecule has 4 nitrogen and oxygen atoms in total. The summed E-state index contributed by atoms with van der Waals surface area (Å²) in [6, 6.07) is 9.34. The Labute approximate surface area is 152 Å². The summed E-state index contributed by atoms with van der Waals surface area (Å²) in [5.41, 5.74) is 0.444. The maximum atomic E-state index is 13.0. The van der Waals surface area contributed by atoms with Gasteiger partial charge in [-0.2, -0.15) is 13.2 Å². The van der Waals surface area contributed by atoms with Crippen LogP contribution in [0.2, 0.25) is 5.02 Å². The average Bonchev–Trinajstić information content (AvgIpc) is 2.83. The number of imide groups is 1. The molecule has 0 spiro atoms. The van der Waals surface area contributed by atoms with Crippen molar-refractivity contribution < 1.29 is 22.8 Å². The van der Waals surface area contributed by atoms with E-state index < -0.39 is 34.6 Å². The maximum Gasteiger partial charge on any atom is 0.417 e. The molecule has 0 aromatic heterocycles. The van der Waals surface area contributed by atoms with E-state index in [1.54, 1.807) is 12.1 Å². The van der Waals surface area contributed by atoms with Crippen LogP contribution < -0.4 is 10.2 Å². The standard InChI is InChI=1S/C18H14ClF3N2O2/c1-10-2-4-11(5-3-10)23-15-9-16(25)24(17(15)26)12-6-7-14(19)13(8-12)18(20,21)22/h2-8,15,23H,9H2,1H3/t15-/m0/s1. The van der Waals surface area contributed by atoms with Crippen LogP contribution in [-0.2, 0) is 15.8 Å². The molecule has 1 aliphatic rings. The molecule has 2 aromatic carbocycles. The van der Waals surface area contributed by atoms with Crippen LogP contribution in [0.3, 0.4) is 0 Å². The van der Waals surface area contributed by atoms with Gasteiger partial charge in [0.05, 0.1) is 22.7 Å². The molecule has 2 aromatic rings. The summed E-state index contributed by atoms with van der Waals surface area (Å²) in [6.45, 7) is 1.91. The lowest BCUT2D eigenvalue weighted by Gasteiger charge is -2.18. The number of carbonyl (C=O) groups excluding carboxylic acids is 2. The highest BCUT2D eigenvalue weighted by Gasteiger charge is 2.41. The molecule has 0 bridgehead atoms. The number of carbonyl (C=O) groups is 2. The van der Waals surface area contributed by atoms with Gasteiger partial charge in [-0.3, -0.25) is 9.59 Å². The molecule has 0 saturated carbocycles. The first-order valence-corrected chi connectivity index (χ1v) is 8.11. The van der Waals surface area contributed by atoms with E-state index in [1.165, 1.54) is 6.07 Å². The smallest absolute Gasteiger partial charge is 0.373 e. The molecule has 3 rings (SSSR count). The summed E-state index contributed by atoms with van der Waals surface area (Å²) in [6.07, 6.45) is -4.82. The van der Waals surface area contributed by atoms with Gasteiger partial charge in [-0.25, -0.2) is 4.90 Å². The summed E-state index contributed by atoms with van der Waals surface area (Å²) < 4.78 is 39.1. The highest BCUT2D eigenvalue weighted by Crippen LogP contribution is 2.38. The Bertz CT molecular complexity index is 866. The summed E-state index contributed by atoms with van der Waals surface area (Å²) in [7, 11) is 0. The first-order chi connectivity index (χ1) is 12.2. The van der Waals surface area contributed by atoms with Gasteiger partial charge < -0.3 is 5.32 Å². The largest absolute Gasteiger partial charge is 0.417 e. The van der Waals surface area contributed by atoms with Gasteiger partial charge in [0.15, 0.2) is 0 Å². The highest BCUT2D eigenvalue weighted by atomic mass is 35.5. The predicted molar refractivity (Wildman–Crippen MR) is 92.2 cm³/mol. The Morgan fingerprint density at radius 2 is 1.77 bits per heavy atom. The first kappa shape index (κ1) is 18.3. The zero-order valence-electron chi connectivity index (χ0n) is 13.6. The molecule has 1 aliphatic heterocycles. The van der Waals surface area contributed by atoms with E-state index in [-0.39, 0.29) is 12.1 Å². The molecule has 2 amide bonds. The van der Waals surface area contributed by atoms with Crippen LogP contribution >= 0.6 is 11.6 Å². The highest BCUT2D eigenvalue weighted by molar-refractivity contribution is 6.31. The third-order valence-electron chi connectivity index (χ3n) is 4.05. The molecule has 0 radical (unpaired) electrons. The van der Waals surface area contributed by atoms with Crippen LogP contribution in [-0.4, -0.2) is 17.9 Å². The van der Waals surface area contributed by atoms with E-state index in [2.05, 4.69) is 5.32 Å². The van der Waals surface area contributed by atoms with Crippen molar-refractivity contribution in [1.82, 2.24) is 0 Å². The minimum Gasteiger partial charge on any atom is -0.373 e. The third-order valence-corrected chi connectivity index (χ3v) is 4.38. The second-order valence-corrected chi connectivity index (χ2v) is 6.40. The normalized spacial score (nSPS) is 17.7. The minimum absolute atomic E-state index is 0.142. The van der Waals surface area contributed by atoms with Gasteiger partial charge in [-0.1, -0.05) is 29.3 Å². The van der Waals surface area contributed by atoms with Gasteiger partial charge in [0.2, 0.25) is 5.91 Å². The second-order valence-electron chi connectivity index (χ2n) is 6.00. The molecule has 26 heavy (non-hydrogen) atoms. The molecule has 8 heteroatoms. The lowest BCUT2D eigenvalue weighted by Crippen LogP contribution is -2.35. The molecule has 1 atom stereocenters. The van der Waals surface area contributed by atoms with Crippen molar-refractivity contribution >= 4 is 34.8 Å². The van der Waals surface area contributed by atoms with Crippen LogP contribution in [0.5, 0.6) is 0 Å². The number of halogens is 4. The summed E-state index contributed by atoms with van der Waals surface area (Å²) >= 11 is 5.59. The molecule has 1 fully saturated rings. The van der Waals surface area contributed by atoms with E-state index in [0.717, 1.165) is 16.5 Å². The zero-order valence-corrected chi connectivity index (χ0v) is 14.4. The number of rotatable bonds is 3. The Hall–Kier alpha value is -2.54. The van der Waals surface area contributed by atoms with Gasteiger partial charge in [0, 0.05) is 5.69 Å². The van der Waals surface area contributed by atoms with E-state index in [4.69, 9.17) is 11.6 Å². The minimum atomic E-state index is -4.68. The summed E-state index contributed by atoms with van der Waals surface area (Å²) in [4.78, 5) is 25.6. The summed E-state index contributed by atoms with van der Waals surface area (Å²) in [5, 5.41) is 2.45. The third kappa shape index (κ3) is 3.53. The quantitative estimate of drug-likeness (QED) is 0.800. The van der Waals surface area contributed by atoms with Crippen molar-refractivity contribution in [2.24, 2.45) is 0 Å². The van der Waals surface area contributed by atoms with E-state index >= 15 is 0 Å². The molecule has 1 N–H and O–H groups in total. The van der Waals surface area contributed by atoms with Crippen LogP contribution in [0.15, 0.2) is 42.5 Å². The van der Waals surface area contributed by atoms with E-state index in [0.29, 0.717) is 11.8 Å². The van der Waals surface area contributed by atoms with Crippen LogP contribution in [0, 0.1) is 6.92 Å². The van der Waals surface area contributed by atoms with Crippen molar-refractivity contribution in [3.05, 3.63) is 58.6 Å². The van der Waals surface area contributed by atoms with Crippen molar-refractivity contribution in [2.75, 3.05) is 10.2 Å². The number of hydrogen-bond donors (Lipinski definition) is 1. The number of amides is 2. The van der Waals surface area contributed by atoms with Gasteiger partial charge in [0.25, 0.3) is 5.91 Å². The van der Waals surface area contributed by atoms with Gasteiger partial charge in [0.1, 0.15) is 6.04 Å². The predicted octanol–water partition coefficient (Wildman–Crippen LogP) is 4.41. The number of benzene rings is 2. The molecule has 0 aliphatic carbocycles. The van der Waals surface area contributed by atoms with Gasteiger partial charge >= 0.3 is 6.18 Å². The zero-order chi connectivity index (χ0) is 19.1. The van der Waals surface area contributed by atoms with Crippen molar-refractivity contribution in [3.8, 4) is 0 Å². The average molecular weight is 383 g/mol. The fraction of sp³-hybridized carbons (Fsp3) is 0.222. The number of aryl methyl sites for hydroxylation is 1. The van der Waals surface area contributed by atoms with Crippen LogP contribution in [0.25, 0.3) is 0 Å². The molecule has 0 unspecified atom stereocenters. The molecular formula is C18H14ClF3N2O2. The van der Waals surface area contributed by atoms with Crippen LogP contribution in [0.1, 0.15) is 17.5 Å². The van der Waals surface area contributed by atoms with Crippen LogP contribution in [0.4, 0.5) is 24.5 Å². The number of nitrogens with zero attached hydrogens (tertiary/aromatic N) is 1. The fourth-order valence-electron chi connectivity index (χ4n) is 2.74. The topological polar surface area (TPSA) is 49.4 Å². The lowest BCUT2D eigenvalue weighted by molar-refractivity contribution is -0.137. The van der Waals surface area contributed by atoms with Gasteiger partial charge in [-0.15, -0.1) is 0 Å². The number of anilines is 2. The number of alkyl halides is 3. The monoisotopic (exact) mass is 382 g/mol. The Morgan fingerprint density at radius 3 is 2.38 bits per heavy atom. The first-order valence-electron chi connectivity index (χ1n) is 7.73. The maximum absolute atomic E-state index is 13.0. The molecule has 1 heterocycles. The number of nitrogens with one attached hydrogen (secondary N) is 1. The Morgan fingerprint density at radius 1 is 1.12 bits per heavy atom. The van der Waals surface area contributed by atoms with Crippen molar-refractivity contribution in [2.45, 2.75) is 25.6 Å². The molecular weight excluding hydrogens is 369 g/mol. The summed E-state index contributed by atoms with van der Waals surface area (Å²) in [5.74, 6) is -1.18. The van der Waals surface area contributed by atoms with E-state index in [9.17, 15) is 22.8 Å². The van der Waals surface area contributed by atoms with Gasteiger partial charge in [-0.05, 0) is 37.3 Å². The SMILES string of the molecule is Cc1ccc(N[C@H]2CC(=O)N(c3ccc(Cl)c(C(F)(F)F)c3)C2=O)cc1.